The third-order valence-electron chi connectivity index (χ3n) is 3.01. The van der Waals surface area contributed by atoms with Crippen LogP contribution in [0.3, 0.4) is 0 Å². The molecule has 1 aliphatic rings. The Balaban J connectivity index is 2.05. The average Bonchev–Trinajstić information content (AvgIpc) is 2.98. The maximum atomic E-state index is 11.5. The van der Waals surface area contributed by atoms with Crippen molar-refractivity contribution in [1.82, 2.24) is 10.2 Å². The zero-order valence-electron chi connectivity index (χ0n) is 10.6. The molecule has 1 saturated carbocycles. The number of carbonyl (C=O) groups is 2. The largest absolute Gasteiger partial charge is 0.481 e. The number of hydrogen-bond acceptors (Lipinski definition) is 3. The van der Waals surface area contributed by atoms with E-state index in [0.717, 1.165) is 6.54 Å². The summed E-state index contributed by atoms with van der Waals surface area (Å²) in [6.45, 7) is 3.29. The first-order chi connectivity index (χ1) is 7.99. The molecule has 0 spiro atoms. The van der Waals surface area contributed by atoms with Crippen LogP contribution in [-0.4, -0.2) is 48.1 Å². The predicted molar refractivity (Wildman–Crippen MR) is 64.7 cm³/mol. The highest BCUT2D eigenvalue weighted by atomic mass is 16.4. The van der Waals surface area contributed by atoms with Crippen LogP contribution in [0.5, 0.6) is 0 Å². The van der Waals surface area contributed by atoms with Gasteiger partial charge in [0.15, 0.2) is 0 Å². The van der Waals surface area contributed by atoms with Crippen LogP contribution >= 0.6 is 0 Å². The number of rotatable bonds is 8. The molecule has 0 aromatic carbocycles. The maximum Gasteiger partial charge on any atom is 0.303 e. The fourth-order valence-corrected chi connectivity index (χ4v) is 1.83. The molecule has 0 aromatic rings. The number of aliphatic carboxylic acids is 1. The van der Waals surface area contributed by atoms with Gasteiger partial charge >= 0.3 is 5.97 Å². The highest BCUT2D eigenvalue weighted by molar-refractivity contribution is 5.77. The molecule has 0 aliphatic heterocycles. The Morgan fingerprint density at radius 2 is 2.06 bits per heavy atom. The number of carboxylic acid groups (broad SMARTS) is 1. The van der Waals surface area contributed by atoms with E-state index in [1.165, 1.54) is 12.8 Å². The van der Waals surface area contributed by atoms with Crippen LogP contribution in [0.2, 0.25) is 0 Å². The van der Waals surface area contributed by atoms with Gasteiger partial charge in [-0.1, -0.05) is 6.92 Å². The first kappa shape index (κ1) is 14.0. The molecular weight excluding hydrogens is 220 g/mol. The zero-order chi connectivity index (χ0) is 12.8. The van der Waals surface area contributed by atoms with Crippen LogP contribution in [0.4, 0.5) is 0 Å². The second-order valence-electron chi connectivity index (χ2n) is 4.97. The fourth-order valence-electron chi connectivity index (χ4n) is 1.83. The molecule has 5 heteroatoms. The molecular formula is C12H22N2O3. The Labute approximate surface area is 102 Å². The molecule has 1 fully saturated rings. The summed E-state index contributed by atoms with van der Waals surface area (Å²) in [5.41, 5.74) is 0. The van der Waals surface area contributed by atoms with Crippen molar-refractivity contribution in [1.29, 1.82) is 0 Å². The summed E-state index contributed by atoms with van der Waals surface area (Å²) in [6.07, 6.45) is 2.87. The lowest BCUT2D eigenvalue weighted by atomic mass is 10.0. The van der Waals surface area contributed by atoms with Crippen molar-refractivity contribution in [2.24, 2.45) is 5.92 Å². The fraction of sp³-hybridized carbons (Fsp3) is 0.833. The van der Waals surface area contributed by atoms with Gasteiger partial charge < -0.3 is 15.3 Å². The quantitative estimate of drug-likeness (QED) is 0.657. The van der Waals surface area contributed by atoms with Gasteiger partial charge in [0.05, 0.1) is 0 Å². The maximum absolute atomic E-state index is 11.5. The molecule has 1 atom stereocenters. The Morgan fingerprint density at radius 1 is 1.41 bits per heavy atom. The summed E-state index contributed by atoms with van der Waals surface area (Å²) >= 11 is 0. The molecule has 2 N–H and O–H groups in total. The molecule has 0 radical (unpaired) electrons. The average molecular weight is 242 g/mol. The highest BCUT2D eigenvalue weighted by Gasteiger charge is 2.25. The Kier molecular flexibility index (Phi) is 5.41. The minimum Gasteiger partial charge on any atom is -0.481 e. The molecule has 1 aliphatic carbocycles. The van der Waals surface area contributed by atoms with Gasteiger partial charge in [-0.05, 0) is 25.8 Å². The number of nitrogens with zero attached hydrogens (tertiary/aromatic N) is 1. The van der Waals surface area contributed by atoms with E-state index in [0.29, 0.717) is 19.0 Å². The summed E-state index contributed by atoms with van der Waals surface area (Å²) < 4.78 is 0. The number of carbonyl (C=O) groups excluding carboxylic acids is 1. The monoisotopic (exact) mass is 242 g/mol. The summed E-state index contributed by atoms with van der Waals surface area (Å²) in [5, 5.41) is 11.4. The summed E-state index contributed by atoms with van der Waals surface area (Å²) in [4.78, 5) is 24.2. The van der Waals surface area contributed by atoms with E-state index in [1.807, 2.05) is 0 Å². The molecule has 0 bridgehead atoms. The number of nitrogens with one attached hydrogen (secondary N) is 1. The minimum absolute atomic E-state index is 0.0510. The lowest BCUT2D eigenvalue weighted by Gasteiger charge is -2.16. The lowest BCUT2D eigenvalue weighted by molar-refractivity contribution is -0.138. The van der Waals surface area contributed by atoms with Gasteiger partial charge in [0.2, 0.25) is 5.91 Å². The van der Waals surface area contributed by atoms with E-state index in [9.17, 15) is 9.59 Å². The van der Waals surface area contributed by atoms with Crippen molar-refractivity contribution in [3.8, 4) is 0 Å². The van der Waals surface area contributed by atoms with E-state index in [2.05, 4.69) is 17.3 Å². The van der Waals surface area contributed by atoms with Crippen molar-refractivity contribution in [2.75, 3.05) is 20.1 Å². The molecule has 0 aromatic heterocycles. The van der Waals surface area contributed by atoms with Crippen LogP contribution in [0.25, 0.3) is 0 Å². The van der Waals surface area contributed by atoms with E-state index in [4.69, 9.17) is 5.11 Å². The normalized spacial score (nSPS) is 16.9. The van der Waals surface area contributed by atoms with Crippen molar-refractivity contribution < 1.29 is 14.7 Å². The summed E-state index contributed by atoms with van der Waals surface area (Å²) in [5.74, 6) is -1.00. The van der Waals surface area contributed by atoms with Gasteiger partial charge in [-0.2, -0.15) is 0 Å². The van der Waals surface area contributed by atoms with Crippen LogP contribution < -0.4 is 5.32 Å². The molecule has 0 heterocycles. The lowest BCUT2D eigenvalue weighted by Crippen LogP contribution is -2.34. The van der Waals surface area contributed by atoms with Crippen molar-refractivity contribution >= 4 is 11.9 Å². The molecule has 1 amide bonds. The van der Waals surface area contributed by atoms with Gasteiger partial charge in [-0.3, -0.25) is 9.59 Å². The molecule has 17 heavy (non-hydrogen) atoms. The molecule has 5 nitrogen and oxygen atoms in total. The van der Waals surface area contributed by atoms with Gasteiger partial charge in [0, 0.05) is 32.0 Å². The van der Waals surface area contributed by atoms with E-state index >= 15 is 0 Å². The first-order valence-corrected chi connectivity index (χ1v) is 6.17. The van der Waals surface area contributed by atoms with Gasteiger partial charge in [-0.15, -0.1) is 0 Å². The Morgan fingerprint density at radius 3 is 2.59 bits per heavy atom. The molecule has 1 unspecified atom stereocenters. The standard InChI is InChI=1S/C12H22N2O3/c1-9(8-12(16)17)7-11(15)13-5-6-14(2)10-3-4-10/h9-10H,3-8H2,1-2H3,(H,13,15)(H,16,17). The Hall–Kier alpha value is -1.10. The predicted octanol–water partition coefficient (Wildman–Crippen LogP) is 0.698. The number of carboxylic acids is 1. The van der Waals surface area contributed by atoms with Crippen LogP contribution in [0.1, 0.15) is 32.6 Å². The third kappa shape index (κ3) is 6.26. The number of amides is 1. The highest BCUT2D eigenvalue weighted by Crippen LogP contribution is 2.24. The summed E-state index contributed by atoms with van der Waals surface area (Å²) in [7, 11) is 2.07. The first-order valence-electron chi connectivity index (χ1n) is 6.17. The van der Waals surface area contributed by atoms with Gasteiger partial charge in [0.25, 0.3) is 0 Å². The smallest absolute Gasteiger partial charge is 0.303 e. The van der Waals surface area contributed by atoms with Crippen LogP contribution in [0.15, 0.2) is 0 Å². The second kappa shape index (κ2) is 6.59. The second-order valence-corrected chi connectivity index (χ2v) is 4.97. The van der Waals surface area contributed by atoms with Crippen LogP contribution in [-0.2, 0) is 9.59 Å². The van der Waals surface area contributed by atoms with Crippen molar-refractivity contribution in [2.45, 2.75) is 38.6 Å². The SMILES string of the molecule is CC(CC(=O)O)CC(=O)NCCN(C)C1CC1. The van der Waals surface area contributed by atoms with E-state index < -0.39 is 5.97 Å². The zero-order valence-corrected chi connectivity index (χ0v) is 10.6. The minimum atomic E-state index is -0.848. The molecule has 1 rings (SSSR count). The van der Waals surface area contributed by atoms with Crippen LogP contribution in [0, 0.1) is 5.92 Å². The third-order valence-corrected chi connectivity index (χ3v) is 3.01. The number of likely N-dealkylation sites (N-methyl/N-ethyl adjacent to an activating group) is 1. The summed E-state index contributed by atoms with van der Waals surface area (Å²) in [6, 6.07) is 0.706. The van der Waals surface area contributed by atoms with E-state index in [1.54, 1.807) is 6.92 Å². The number of hydrogen-bond donors (Lipinski definition) is 2. The van der Waals surface area contributed by atoms with Crippen molar-refractivity contribution in [3.63, 3.8) is 0 Å². The van der Waals surface area contributed by atoms with Gasteiger partial charge in [-0.25, -0.2) is 0 Å². The Bertz CT molecular complexity index is 277. The topological polar surface area (TPSA) is 69.6 Å². The van der Waals surface area contributed by atoms with E-state index in [-0.39, 0.29) is 18.2 Å². The molecule has 98 valence electrons. The molecule has 0 saturated heterocycles. The van der Waals surface area contributed by atoms with Gasteiger partial charge in [0.1, 0.15) is 0 Å². The van der Waals surface area contributed by atoms with Crippen molar-refractivity contribution in [3.05, 3.63) is 0 Å².